The van der Waals surface area contributed by atoms with Gasteiger partial charge in [-0.2, -0.15) is 13.2 Å². The van der Waals surface area contributed by atoms with Gasteiger partial charge in [-0.25, -0.2) is 24.1 Å². The summed E-state index contributed by atoms with van der Waals surface area (Å²) in [6.07, 6.45) is 0.935. The number of hydrogen-bond donors (Lipinski definition) is 4. The molecule has 2 aromatic carbocycles. The van der Waals surface area contributed by atoms with Crippen LogP contribution in [-0.4, -0.2) is 30.5 Å². The second-order valence-electron chi connectivity index (χ2n) is 8.11. The average Bonchev–Trinajstić information content (AvgIpc) is 3.47. The van der Waals surface area contributed by atoms with Crippen LogP contribution < -0.4 is 16.4 Å². The van der Waals surface area contributed by atoms with Crippen LogP contribution in [0.4, 0.5) is 39.5 Å². The van der Waals surface area contributed by atoms with Crippen molar-refractivity contribution in [2.45, 2.75) is 13.1 Å². The maximum atomic E-state index is 14.8. The number of nitrogens with one attached hydrogen (secondary N) is 3. The summed E-state index contributed by atoms with van der Waals surface area (Å²) in [5.74, 6) is -0.546. The Hall–Kier alpha value is -4.94. The molecule has 0 radical (unpaired) electrons. The number of carbonyl (C=O) groups excluding carboxylic acids is 1. The van der Waals surface area contributed by atoms with E-state index in [0.717, 1.165) is 6.07 Å². The number of urea groups is 1. The lowest BCUT2D eigenvalue weighted by molar-refractivity contribution is -0.137. The van der Waals surface area contributed by atoms with Gasteiger partial charge in [-0.3, -0.25) is 0 Å². The van der Waals surface area contributed by atoms with Crippen LogP contribution in [0.2, 0.25) is 0 Å². The third kappa shape index (κ3) is 4.66. The maximum Gasteiger partial charge on any atom is 0.418 e. The molecule has 0 spiro atoms. The molecule has 5 N–H and O–H groups in total. The Morgan fingerprint density at radius 2 is 1.89 bits per heavy atom. The predicted molar refractivity (Wildman–Crippen MR) is 130 cm³/mol. The van der Waals surface area contributed by atoms with Gasteiger partial charge in [-0.15, -0.1) is 0 Å². The van der Waals surface area contributed by atoms with Gasteiger partial charge in [0.05, 0.1) is 34.3 Å². The molecule has 0 aliphatic carbocycles. The van der Waals surface area contributed by atoms with Crippen LogP contribution in [0.5, 0.6) is 0 Å². The molecule has 0 saturated carbocycles. The largest absolute Gasteiger partial charge is 0.418 e. The first-order chi connectivity index (χ1) is 17.6. The number of rotatable bonds is 4. The molecule has 0 fully saturated rings. The average molecular weight is 510 g/mol. The molecule has 0 aliphatic heterocycles. The third-order valence-corrected chi connectivity index (χ3v) is 5.58. The van der Waals surface area contributed by atoms with Gasteiger partial charge < -0.3 is 25.9 Å². The van der Waals surface area contributed by atoms with Gasteiger partial charge in [0.15, 0.2) is 0 Å². The normalized spacial score (nSPS) is 11.6. The number of imidazole rings is 1. The first-order valence-electron chi connectivity index (χ1n) is 10.8. The molecule has 0 atom stereocenters. The number of anilines is 3. The minimum atomic E-state index is -4.69. The van der Waals surface area contributed by atoms with Gasteiger partial charge >= 0.3 is 12.2 Å². The Morgan fingerprint density at radius 1 is 1.08 bits per heavy atom. The van der Waals surface area contributed by atoms with E-state index >= 15 is 0 Å². The van der Waals surface area contributed by atoms with E-state index in [4.69, 9.17) is 5.73 Å². The molecule has 3 heterocycles. The molecular formula is C24H18F4N8O. The molecular weight excluding hydrogens is 492 g/mol. The van der Waals surface area contributed by atoms with Crippen LogP contribution in [0.25, 0.3) is 27.8 Å². The molecule has 0 unspecified atom stereocenters. The maximum absolute atomic E-state index is 14.8. The number of aromatic nitrogens is 5. The zero-order valence-electron chi connectivity index (χ0n) is 19.1. The second kappa shape index (κ2) is 8.93. The summed E-state index contributed by atoms with van der Waals surface area (Å²) < 4.78 is 57.2. The number of aromatic amines is 1. The highest BCUT2D eigenvalue weighted by Crippen LogP contribution is 2.36. The molecule has 9 nitrogen and oxygen atoms in total. The van der Waals surface area contributed by atoms with E-state index in [1.54, 1.807) is 19.2 Å². The van der Waals surface area contributed by atoms with Crippen LogP contribution >= 0.6 is 0 Å². The number of fused-ring (bicyclic) bond motifs is 1. The summed E-state index contributed by atoms with van der Waals surface area (Å²) in [4.78, 5) is 27.4. The number of nitrogen functional groups attached to an aromatic ring is 1. The summed E-state index contributed by atoms with van der Waals surface area (Å²) in [6.45, 7) is 1.65. The van der Waals surface area contributed by atoms with Crippen LogP contribution in [0.3, 0.4) is 0 Å². The van der Waals surface area contributed by atoms with Gasteiger partial charge in [0.1, 0.15) is 23.6 Å². The van der Waals surface area contributed by atoms with Crippen LogP contribution in [0.1, 0.15) is 11.3 Å². The lowest BCUT2D eigenvalue weighted by atomic mass is 10.1. The number of nitrogens with zero attached hydrogens (tertiary/aromatic N) is 4. The number of carbonyl (C=O) groups is 1. The van der Waals surface area contributed by atoms with Crippen LogP contribution in [0.15, 0.2) is 61.4 Å². The fourth-order valence-electron chi connectivity index (χ4n) is 3.90. The number of H-pyrrole nitrogens is 1. The number of benzene rings is 2. The van der Waals surface area contributed by atoms with E-state index in [9.17, 15) is 22.4 Å². The molecule has 5 rings (SSSR count). The van der Waals surface area contributed by atoms with Crippen molar-refractivity contribution >= 4 is 34.3 Å². The third-order valence-electron chi connectivity index (χ3n) is 5.58. The summed E-state index contributed by atoms with van der Waals surface area (Å²) in [6, 6.07) is 6.47. The van der Waals surface area contributed by atoms with Gasteiger partial charge in [0.2, 0.25) is 0 Å². The van der Waals surface area contributed by atoms with Gasteiger partial charge in [0.25, 0.3) is 0 Å². The van der Waals surface area contributed by atoms with Gasteiger partial charge in [-0.05, 0) is 42.8 Å². The molecule has 0 bridgehead atoms. The number of nitrogens with two attached hydrogens (primary N) is 1. The molecule has 37 heavy (non-hydrogen) atoms. The number of amides is 2. The Balaban J connectivity index is 1.36. The fourth-order valence-corrected chi connectivity index (χ4v) is 3.90. The van der Waals surface area contributed by atoms with Crippen molar-refractivity contribution in [2.24, 2.45) is 0 Å². The van der Waals surface area contributed by atoms with Crippen molar-refractivity contribution in [3.63, 3.8) is 0 Å². The number of hydrogen-bond acceptors (Lipinski definition) is 5. The lowest BCUT2D eigenvalue weighted by Crippen LogP contribution is -2.21. The van der Waals surface area contributed by atoms with Crippen molar-refractivity contribution in [3.8, 4) is 16.8 Å². The first-order valence-corrected chi connectivity index (χ1v) is 10.8. The summed E-state index contributed by atoms with van der Waals surface area (Å²) in [7, 11) is 0. The monoisotopic (exact) mass is 510 g/mol. The number of alkyl halides is 3. The molecule has 0 saturated heterocycles. The Labute approximate surface area is 206 Å². The summed E-state index contributed by atoms with van der Waals surface area (Å²) in [5.41, 5.74) is 6.55. The van der Waals surface area contributed by atoms with Crippen LogP contribution in [-0.2, 0) is 6.18 Å². The lowest BCUT2D eigenvalue weighted by Gasteiger charge is -2.16. The minimum Gasteiger partial charge on any atom is -0.383 e. The Kier molecular flexibility index (Phi) is 5.74. The van der Waals surface area contributed by atoms with Crippen molar-refractivity contribution in [1.29, 1.82) is 0 Å². The summed E-state index contributed by atoms with van der Waals surface area (Å²) in [5, 5.41) is 5.14. The molecule has 3 aromatic heterocycles. The first kappa shape index (κ1) is 23.8. The zero-order chi connectivity index (χ0) is 26.3. The zero-order valence-corrected chi connectivity index (χ0v) is 19.1. The Morgan fingerprint density at radius 3 is 2.59 bits per heavy atom. The van der Waals surface area contributed by atoms with E-state index in [1.807, 2.05) is 0 Å². The standard InChI is InChI=1S/C24H18F4N8O/c1-12-9-36(11-33-12)19-5-3-14(7-16(19)24(26,27)28)34-23(37)35-18-4-2-13(6-17(18)25)15-8-30-22-20(15)21(29)31-10-32-22/h2-11H,1H3,(H2,34,35,37)(H3,29,30,31,32). The smallest absolute Gasteiger partial charge is 0.383 e. The van der Waals surface area contributed by atoms with Gasteiger partial charge in [0, 0.05) is 23.6 Å². The molecule has 0 aliphatic rings. The highest BCUT2D eigenvalue weighted by atomic mass is 19.4. The quantitative estimate of drug-likeness (QED) is 0.238. The van der Waals surface area contributed by atoms with Gasteiger partial charge in [-0.1, -0.05) is 6.07 Å². The second-order valence-corrected chi connectivity index (χ2v) is 8.11. The molecule has 13 heteroatoms. The SMILES string of the molecule is Cc1cn(-c2ccc(NC(=O)Nc3ccc(-c4c[nH]c5ncnc(N)c45)cc3F)cc2C(F)(F)F)cn1. The molecule has 5 aromatic rings. The van der Waals surface area contributed by atoms with E-state index in [-0.39, 0.29) is 22.9 Å². The van der Waals surface area contributed by atoms with Crippen molar-refractivity contribution in [1.82, 2.24) is 24.5 Å². The van der Waals surface area contributed by atoms with Crippen molar-refractivity contribution in [2.75, 3.05) is 16.4 Å². The fraction of sp³-hybridized carbons (Fsp3) is 0.0833. The van der Waals surface area contributed by atoms with E-state index < -0.39 is 23.6 Å². The van der Waals surface area contributed by atoms with E-state index in [1.165, 1.54) is 47.7 Å². The highest BCUT2D eigenvalue weighted by Gasteiger charge is 2.34. The topological polar surface area (TPSA) is 127 Å². The predicted octanol–water partition coefficient (Wildman–Crippen LogP) is 5.50. The van der Waals surface area contributed by atoms with Crippen LogP contribution in [0, 0.1) is 12.7 Å². The highest BCUT2D eigenvalue weighted by molar-refractivity contribution is 6.02. The number of aryl methyl sites for hydroxylation is 1. The van der Waals surface area contributed by atoms with Crippen molar-refractivity contribution in [3.05, 3.63) is 78.5 Å². The van der Waals surface area contributed by atoms with E-state index in [0.29, 0.717) is 27.9 Å². The molecule has 188 valence electrons. The molecule has 2 amide bonds. The van der Waals surface area contributed by atoms with Crippen molar-refractivity contribution < 1.29 is 22.4 Å². The number of halogens is 4. The Bertz CT molecular complexity index is 1640. The summed E-state index contributed by atoms with van der Waals surface area (Å²) >= 11 is 0. The van der Waals surface area contributed by atoms with E-state index in [2.05, 4.69) is 30.6 Å². The minimum absolute atomic E-state index is 0.128.